The first-order valence-electron chi connectivity index (χ1n) is 10.2. The molecular weight excluding hydrogens is 416 g/mol. The van der Waals surface area contributed by atoms with Gasteiger partial charge in [-0.3, -0.25) is 9.59 Å². The van der Waals surface area contributed by atoms with Gasteiger partial charge in [-0.05, 0) is 46.5 Å². The van der Waals surface area contributed by atoms with E-state index in [9.17, 15) is 9.59 Å². The highest BCUT2D eigenvalue weighted by atomic mass is 35.5. The number of hydrogen-bond donors (Lipinski definition) is 0. The average Bonchev–Trinajstić information content (AvgIpc) is 3.15. The Hall–Kier alpha value is -2.11. The number of nitrogens with zero attached hydrogens (tertiary/aromatic N) is 2. The van der Waals surface area contributed by atoms with Crippen LogP contribution in [0, 0.1) is 5.41 Å². The summed E-state index contributed by atoms with van der Waals surface area (Å²) in [4.78, 5) is 31.0. The van der Waals surface area contributed by atoms with E-state index in [1.807, 2.05) is 49.9 Å². The topological polar surface area (TPSA) is 40.6 Å². The van der Waals surface area contributed by atoms with E-state index >= 15 is 0 Å². The lowest BCUT2D eigenvalue weighted by Gasteiger charge is -2.37. The Morgan fingerprint density at radius 3 is 2.60 bits per heavy atom. The number of thiophene rings is 1. The molecule has 4 nitrogen and oxygen atoms in total. The largest absolute Gasteiger partial charge is 0.330 e. The van der Waals surface area contributed by atoms with Crippen LogP contribution in [0.2, 0.25) is 5.02 Å². The number of carbonyl (C=O) groups is 2. The van der Waals surface area contributed by atoms with E-state index in [4.69, 9.17) is 11.6 Å². The van der Waals surface area contributed by atoms with Gasteiger partial charge >= 0.3 is 0 Å². The first-order chi connectivity index (χ1) is 14.2. The van der Waals surface area contributed by atoms with E-state index in [1.165, 1.54) is 10.4 Å². The highest BCUT2D eigenvalue weighted by Crippen LogP contribution is 2.38. The third-order valence-electron chi connectivity index (χ3n) is 5.18. The van der Waals surface area contributed by atoms with E-state index in [2.05, 4.69) is 18.0 Å². The maximum Gasteiger partial charge on any atom is 0.243 e. The van der Waals surface area contributed by atoms with Gasteiger partial charge < -0.3 is 9.80 Å². The van der Waals surface area contributed by atoms with Crippen molar-refractivity contribution in [3.63, 3.8) is 0 Å². The molecule has 0 saturated carbocycles. The van der Waals surface area contributed by atoms with Crippen molar-refractivity contribution in [1.82, 2.24) is 9.80 Å². The fourth-order valence-electron chi connectivity index (χ4n) is 3.82. The molecule has 0 fully saturated rings. The summed E-state index contributed by atoms with van der Waals surface area (Å²) in [6.07, 6.45) is 2.90. The van der Waals surface area contributed by atoms with Gasteiger partial charge in [0, 0.05) is 29.4 Å². The number of rotatable bonds is 6. The predicted octanol–water partition coefficient (Wildman–Crippen LogP) is 5.33. The molecule has 2 heterocycles. The summed E-state index contributed by atoms with van der Waals surface area (Å²) in [6, 6.07) is 9.62. The van der Waals surface area contributed by atoms with Crippen LogP contribution >= 0.6 is 22.9 Å². The molecule has 3 rings (SSSR count). The van der Waals surface area contributed by atoms with Crippen LogP contribution in [0.3, 0.4) is 0 Å². The molecule has 0 spiro atoms. The van der Waals surface area contributed by atoms with Crippen molar-refractivity contribution in [2.24, 2.45) is 5.41 Å². The van der Waals surface area contributed by atoms with Gasteiger partial charge in [0.05, 0.1) is 6.04 Å². The molecule has 1 aliphatic rings. The molecule has 6 heteroatoms. The lowest BCUT2D eigenvalue weighted by Crippen LogP contribution is -2.47. The Morgan fingerprint density at radius 2 is 1.97 bits per heavy atom. The molecule has 1 atom stereocenters. The Kier molecular flexibility index (Phi) is 7.04. The number of benzene rings is 1. The van der Waals surface area contributed by atoms with Crippen molar-refractivity contribution >= 4 is 34.8 Å². The first-order valence-corrected chi connectivity index (χ1v) is 11.5. The van der Waals surface area contributed by atoms with Crippen LogP contribution in [0.25, 0.3) is 0 Å². The fourth-order valence-corrected chi connectivity index (χ4v) is 4.85. The Morgan fingerprint density at radius 1 is 1.27 bits per heavy atom. The fraction of sp³-hybridized carbons (Fsp3) is 0.417. The molecule has 0 aliphatic carbocycles. The standard InChI is InChI=1S/C24H29ClN2O2S/c1-5-12-26(21(28)15-24(2,3)4)16-22(29)27-13-10-20-19(11-14-30-20)23(27)17-6-8-18(25)9-7-17/h5-9,11,14,23H,1,10,12-13,15-16H2,2-4H3. The summed E-state index contributed by atoms with van der Waals surface area (Å²) in [7, 11) is 0. The van der Waals surface area contributed by atoms with Crippen LogP contribution in [-0.4, -0.2) is 41.2 Å². The molecule has 0 bridgehead atoms. The quantitative estimate of drug-likeness (QED) is 0.565. The SMILES string of the molecule is C=CCN(CC(=O)N1CCc2sccc2C1c1ccc(Cl)cc1)C(=O)CC(C)(C)C. The van der Waals surface area contributed by atoms with E-state index in [0.717, 1.165) is 12.0 Å². The summed E-state index contributed by atoms with van der Waals surface area (Å²) < 4.78 is 0. The second-order valence-corrected chi connectivity index (χ2v) is 10.3. The number of fused-ring (bicyclic) bond motifs is 1. The zero-order valence-corrected chi connectivity index (χ0v) is 19.4. The van der Waals surface area contributed by atoms with E-state index in [1.54, 1.807) is 22.3 Å². The first kappa shape index (κ1) is 22.6. The molecule has 0 N–H and O–H groups in total. The Bertz CT molecular complexity index is 914. The van der Waals surface area contributed by atoms with Gasteiger partial charge in [-0.2, -0.15) is 0 Å². The molecule has 2 amide bonds. The maximum atomic E-state index is 13.4. The maximum absolute atomic E-state index is 13.4. The molecule has 1 aliphatic heterocycles. The van der Waals surface area contributed by atoms with E-state index < -0.39 is 0 Å². The van der Waals surface area contributed by atoms with Gasteiger partial charge in [0.2, 0.25) is 11.8 Å². The summed E-state index contributed by atoms with van der Waals surface area (Å²) in [5, 5.41) is 2.75. The highest BCUT2D eigenvalue weighted by Gasteiger charge is 2.34. The van der Waals surface area contributed by atoms with Crippen LogP contribution in [0.15, 0.2) is 48.4 Å². The van der Waals surface area contributed by atoms with Gasteiger partial charge in [0.15, 0.2) is 0 Å². The normalized spacial score (nSPS) is 16.1. The summed E-state index contributed by atoms with van der Waals surface area (Å²) in [5.41, 5.74) is 2.06. The Balaban J connectivity index is 1.86. The smallest absolute Gasteiger partial charge is 0.243 e. The van der Waals surface area contributed by atoms with Crippen LogP contribution in [0.5, 0.6) is 0 Å². The average molecular weight is 445 g/mol. The van der Waals surface area contributed by atoms with Crippen molar-refractivity contribution in [3.8, 4) is 0 Å². The third-order valence-corrected chi connectivity index (χ3v) is 6.43. The number of halogens is 1. The molecule has 160 valence electrons. The van der Waals surface area contributed by atoms with Crippen LogP contribution < -0.4 is 0 Å². The van der Waals surface area contributed by atoms with Crippen LogP contribution in [0.1, 0.15) is 49.2 Å². The third kappa shape index (κ3) is 5.32. The van der Waals surface area contributed by atoms with Gasteiger partial charge in [-0.1, -0.05) is 50.6 Å². The molecule has 1 aromatic carbocycles. The zero-order valence-electron chi connectivity index (χ0n) is 17.9. The predicted molar refractivity (Wildman–Crippen MR) is 124 cm³/mol. The molecule has 0 saturated heterocycles. The molecule has 1 aromatic heterocycles. The minimum Gasteiger partial charge on any atom is -0.330 e. The van der Waals surface area contributed by atoms with Crippen molar-refractivity contribution in [2.75, 3.05) is 19.6 Å². The summed E-state index contributed by atoms with van der Waals surface area (Å²) in [5.74, 6) is -0.0667. The van der Waals surface area contributed by atoms with E-state index in [0.29, 0.717) is 24.5 Å². The highest BCUT2D eigenvalue weighted by molar-refractivity contribution is 7.10. The molecule has 30 heavy (non-hydrogen) atoms. The van der Waals surface area contributed by atoms with Crippen molar-refractivity contribution < 1.29 is 9.59 Å². The van der Waals surface area contributed by atoms with Gasteiger partial charge in [0.1, 0.15) is 6.54 Å². The van der Waals surface area contributed by atoms with Crippen molar-refractivity contribution in [2.45, 2.75) is 39.7 Å². The molecule has 1 unspecified atom stereocenters. The zero-order chi connectivity index (χ0) is 21.9. The van der Waals surface area contributed by atoms with E-state index in [-0.39, 0.29) is 29.8 Å². The van der Waals surface area contributed by atoms with Gasteiger partial charge in [-0.25, -0.2) is 0 Å². The lowest BCUT2D eigenvalue weighted by atomic mass is 9.91. The van der Waals surface area contributed by atoms with Crippen molar-refractivity contribution in [3.05, 3.63) is 69.4 Å². The second-order valence-electron chi connectivity index (χ2n) is 8.89. The Labute approximate surface area is 188 Å². The lowest BCUT2D eigenvalue weighted by molar-refractivity contribution is -0.142. The number of carbonyl (C=O) groups excluding carboxylic acids is 2. The molecular formula is C24H29ClN2O2S. The summed E-state index contributed by atoms with van der Waals surface area (Å²) in [6.45, 7) is 10.9. The van der Waals surface area contributed by atoms with Gasteiger partial charge in [0.25, 0.3) is 0 Å². The minimum absolute atomic E-state index is 0.0213. The summed E-state index contributed by atoms with van der Waals surface area (Å²) >= 11 is 7.82. The molecule has 2 aromatic rings. The number of hydrogen-bond acceptors (Lipinski definition) is 3. The second kappa shape index (κ2) is 9.36. The van der Waals surface area contributed by atoms with Gasteiger partial charge in [-0.15, -0.1) is 17.9 Å². The number of amides is 2. The monoisotopic (exact) mass is 444 g/mol. The van der Waals surface area contributed by atoms with Crippen LogP contribution in [-0.2, 0) is 16.0 Å². The minimum atomic E-state index is -0.159. The van der Waals surface area contributed by atoms with Crippen molar-refractivity contribution in [1.29, 1.82) is 0 Å². The van der Waals surface area contributed by atoms with Crippen LogP contribution in [0.4, 0.5) is 0 Å². The molecule has 0 radical (unpaired) electrons.